The van der Waals surface area contributed by atoms with Crippen molar-refractivity contribution in [3.8, 4) is 0 Å². The van der Waals surface area contributed by atoms with Gasteiger partial charge in [-0.15, -0.1) is 0 Å². The van der Waals surface area contributed by atoms with Crippen LogP contribution in [0.25, 0.3) is 0 Å². The maximum absolute atomic E-state index is 11.3. The van der Waals surface area contributed by atoms with Crippen molar-refractivity contribution in [3.63, 3.8) is 0 Å². The average molecular weight is 240 g/mol. The highest BCUT2D eigenvalue weighted by atomic mass is 16.1. The number of rotatable bonds is 0. The van der Waals surface area contributed by atoms with Crippen LogP contribution in [0.2, 0.25) is 0 Å². The number of carbonyl (C=O) groups excluding carboxylic acids is 1. The molecule has 1 aliphatic rings. The summed E-state index contributed by atoms with van der Waals surface area (Å²) >= 11 is 0. The Morgan fingerprint density at radius 1 is 0.647 bits per heavy atom. The van der Waals surface area contributed by atoms with Crippen LogP contribution in [0.4, 0.5) is 0 Å². The summed E-state index contributed by atoms with van der Waals surface area (Å²) < 4.78 is 0. The van der Waals surface area contributed by atoms with Crippen molar-refractivity contribution in [3.05, 3.63) is 0 Å². The molecule has 102 valence electrons. The van der Waals surface area contributed by atoms with E-state index >= 15 is 0 Å². The Morgan fingerprint density at radius 3 is 1.18 bits per heavy atom. The van der Waals surface area contributed by atoms with Gasteiger partial charge in [0, 0.05) is 12.8 Å². The normalized spacial score (nSPS) is 19.9. The van der Waals surface area contributed by atoms with Crippen LogP contribution in [0.3, 0.4) is 0 Å². The second-order valence-electron chi connectivity index (χ2n) is 5.95. The monoisotopic (exact) mass is 240 g/mol. The van der Waals surface area contributed by atoms with Crippen LogP contribution in [0.5, 0.6) is 0 Å². The van der Waals surface area contributed by atoms with E-state index in [1.165, 1.54) is 44.9 Å². The van der Waals surface area contributed by atoms with Crippen molar-refractivity contribution >= 4 is 5.78 Å². The van der Waals surface area contributed by atoms with Gasteiger partial charge in [-0.3, -0.25) is 4.79 Å². The minimum Gasteiger partial charge on any atom is -0.300 e. The van der Waals surface area contributed by atoms with Crippen molar-refractivity contribution in [1.82, 2.24) is 0 Å². The fraction of sp³-hybridized carbons (Fsp3) is 0.938. The third-order valence-electron chi connectivity index (χ3n) is 2.91. The molecule has 0 saturated heterocycles. The number of Topliss-reactive ketones (excluding diaryl/α,β-unsaturated/α-hetero) is 1. The number of carbonyl (C=O) groups is 1. The van der Waals surface area contributed by atoms with Gasteiger partial charge >= 0.3 is 0 Å². The number of ketones is 1. The Kier molecular flexibility index (Phi) is 11.9. The molecule has 0 unspecified atom stereocenters. The van der Waals surface area contributed by atoms with E-state index in [1.54, 1.807) is 0 Å². The zero-order valence-electron chi connectivity index (χ0n) is 12.3. The summed E-state index contributed by atoms with van der Waals surface area (Å²) in [4.78, 5) is 11.3. The van der Waals surface area contributed by atoms with Gasteiger partial charge in [-0.05, 0) is 18.8 Å². The van der Waals surface area contributed by atoms with Crippen LogP contribution in [-0.4, -0.2) is 5.78 Å². The van der Waals surface area contributed by atoms with Gasteiger partial charge in [0.25, 0.3) is 0 Å². The summed E-state index contributed by atoms with van der Waals surface area (Å²) in [7, 11) is 0. The van der Waals surface area contributed by atoms with Crippen molar-refractivity contribution < 1.29 is 4.79 Å². The van der Waals surface area contributed by atoms with Gasteiger partial charge in [-0.1, -0.05) is 65.7 Å². The topological polar surface area (TPSA) is 17.1 Å². The zero-order chi connectivity index (χ0) is 12.9. The molecule has 0 spiro atoms. The summed E-state index contributed by atoms with van der Waals surface area (Å²) in [6, 6.07) is 0. The molecule has 0 aromatic carbocycles. The van der Waals surface area contributed by atoms with Gasteiger partial charge in [-0.25, -0.2) is 0 Å². The number of hydrogen-bond acceptors (Lipinski definition) is 1. The number of hydrogen-bond donors (Lipinski definition) is 0. The quantitative estimate of drug-likeness (QED) is 0.544. The van der Waals surface area contributed by atoms with Crippen LogP contribution < -0.4 is 0 Å². The van der Waals surface area contributed by atoms with Crippen molar-refractivity contribution in [2.24, 2.45) is 5.92 Å². The third-order valence-corrected chi connectivity index (χ3v) is 2.91. The van der Waals surface area contributed by atoms with E-state index in [9.17, 15) is 4.79 Å². The fourth-order valence-electron chi connectivity index (χ4n) is 2.01. The second kappa shape index (κ2) is 12.1. The zero-order valence-corrected chi connectivity index (χ0v) is 12.3. The molecular weight excluding hydrogens is 208 g/mol. The highest BCUT2D eigenvalue weighted by Gasteiger charge is 2.02. The van der Waals surface area contributed by atoms with Gasteiger partial charge in [0.1, 0.15) is 5.78 Å². The third kappa shape index (κ3) is 15.7. The van der Waals surface area contributed by atoms with Crippen LogP contribution in [0.1, 0.15) is 91.4 Å². The van der Waals surface area contributed by atoms with Gasteiger partial charge in [0.15, 0.2) is 0 Å². The first-order chi connectivity index (χ1) is 8.13. The molecule has 1 saturated carbocycles. The van der Waals surface area contributed by atoms with Crippen LogP contribution in [0, 0.1) is 5.92 Å². The minimum absolute atomic E-state index is 0.501. The molecule has 17 heavy (non-hydrogen) atoms. The van der Waals surface area contributed by atoms with E-state index < -0.39 is 0 Å². The van der Waals surface area contributed by atoms with Crippen LogP contribution in [0.15, 0.2) is 0 Å². The molecule has 0 N–H and O–H groups in total. The first-order valence-electron chi connectivity index (χ1n) is 7.64. The Labute approximate surface area is 108 Å². The maximum atomic E-state index is 11.3. The predicted molar refractivity (Wildman–Crippen MR) is 76.3 cm³/mol. The molecule has 0 radical (unpaired) electrons. The van der Waals surface area contributed by atoms with Crippen LogP contribution >= 0.6 is 0 Å². The highest BCUT2D eigenvalue weighted by molar-refractivity contribution is 5.78. The van der Waals surface area contributed by atoms with Crippen LogP contribution in [-0.2, 0) is 4.79 Å². The van der Waals surface area contributed by atoms with E-state index in [0.29, 0.717) is 5.78 Å². The molecule has 1 fully saturated rings. The molecule has 0 atom stereocenters. The van der Waals surface area contributed by atoms with E-state index in [4.69, 9.17) is 0 Å². The molecule has 1 aliphatic carbocycles. The molecule has 0 amide bonds. The maximum Gasteiger partial charge on any atom is 0.132 e. The predicted octanol–water partition coefficient (Wildman–Crippen LogP) is 5.52. The fourth-order valence-corrected chi connectivity index (χ4v) is 2.01. The molecule has 1 rings (SSSR count). The standard InChI is InChI=1S/C12H22O.C4H10/c13-12-10-8-6-4-2-1-3-5-7-9-11-12;1-4(2)3/h1-11H2;4H,1-3H3. The molecule has 0 aromatic heterocycles. The van der Waals surface area contributed by atoms with Crippen molar-refractivity contribution in [2.45, 2.75) is 91.4 Å². The summed E-state index contributed by atoms with van der Waals surface area (Å²) in [5.74, 6) is 1.33. The van der Waals surface area contributed by atoms with Crippen molar-refractivity contribution in [2.75, 3.05) is 0 Å². The molecule has 1 nitrogen and oxygen atoms in total. The second-order valence-corrected chi connectivity index (χ2v) is 5.95. The van der Waals surface area contributed by atoms with Gasteiger partial charge in [0.05, 0.1) is 0 Å². The van der Waals surface area contributed by atoms with Gasteiger partial charge < -0.3 is 0 Å². The molecule has 0 heterocycles. The van der Waals surface area contributed by atoms with E-state index in [-0.39, 0.29) is 0 Å². The van der Waals surface area contributed by atoms with E-state index in [0.717, 1.165) is 31.6 Å². The molecule has 1 heteroatoms. The van der Waals surface area contributed by atoms with Crippen molar-refractivity contribution in [1.29, 1.82) is 0 Å². The lowest BCUT2D eigenvalue weighted by Gasteiger charge is -2.05. The Hall–Kier alpha value is -0.330. The molecule has 0 bridgehead atoms. The molecular formula is C16H32O. The lowest BCUT2D eigenvalue weighted by Crippen LogP contribution is -1.98. The van der Waals surface area contributed by atoms with Gasteiger partial charge in [-0.2, -0.15) is 0 Å². The summed E-state index contributed by atoms with van der Waals surface area (Å²) in [6.45, 7) is 6.50. The summed E-state index contributed by atoms with van der Waals surface area (Å²) in [6.07, 6.45) is 13.4. The lowest BCUT2D eigenvalue weighted by atomic mass is 10.0. The first kappa shape index (κ1) is 16.7. The summed E-state index contributed by atoms with van der Waals surface area (Å²) in [5.41, 5.74) is 0. The Bertz CT molecular complexity index is 156. The van der Waals surface area contributed by atoms with E-state index in [2.05, 4.69) is 20.8 Å². The average Bonchev–Trinajstić information content (AvgIpc) is 2.22. The minimum atomic E-state index is 0.501. The van der Waals surface area contributed by atoms with E-state index in [1.807, 2.05) is 0 Å². The molecule has 0 aliphatic heterocycles. The largest absolute Gasteiger partial charge is 0.300 e. The Balaban J connectivity index is 0.000000557. The Morgan fingerprint density at radius 2 is 0.882 bits per heavy atom. The summed E-state index contributed by atoms with van der Waals surface area (Å²) in [5, 5.41) is 0. The lowest BCUT2D eigenvalue weighted by molar-refractivity contribution is -0.119. The first-order valence-corrected chi connectivity index (χ1v) is 7.64. The smallest absolute Gasteiger partial charge is 0.132 e. The SMILES string of the molecule is CC(C)C.O=C1CCCCCCCCCCC1. The highest BCUT2D eigenvalue weighted by Crippen LogP contribution is 2.14. The molecule has 0 aromatic rings. The van der Waals surface area contributed by atoms with Gasteiger partial charge in [0.2, 0.25) is 0 Å².